The Kier molecular flexibility index (Phi) is 3.07. The zero-order valence-electron chi connectivity index (χ0n) is 9.78. The van der Waals surface area contributed by atoms with Crippen molar-refractivity contribution in [1.29, 1.82) is 0 Å². The van der Waals surface area contributed by atoms with Crippen LogP contribution < -0.4 is 0 Å². The molecule has 0 aromatic heterocycles. The number of carboxylic acids is 1. The van der Waals surface area contributed by atoms with Gasteiger partial charge in [0, 0.05) is 13.0 Å². The molecule has 0 aromatic carbocycles. The van der Waals surface area contributed by atoms with Crippen LogP contribution in [0.2, 0.25) is 0 Å². The number of carbonyl (C=O) groups is 2. The molecule has 1 fully saturated rings. The van der Waals surface area contributed by atoms with Crippen LogP contribution in [0.25, 0.3) is 0 Å². The molecule has 86 valence electrons. The molecule has 0 aromatic rings. The van der Waals surface area contributed by atoms with Gasteiger partial charge in [-0.1, -0.05) is 20.8 Å². The summed E-state index contributed by atoms with van der Waals surface area (Å²) >= 11 is 0. The zero-order chi connectivity index (χ0) is 11.8. The summed E-state index contributed by atoms with van der Waals surface area (Å²) in [6.45, 7) is 7.00. The molecule has 1 atom stereocenters. The van der Waals surface area contributed by atoms with Gasteiger partial charge in [-0.05, 0) is 18.3 Å². The molecule has 4 heteroatoms. The second-order valence-electron chi connectivity index (χ2n) is 5.26. The summed E-state index contributed by atoms with van der Waals surface area (Å²) in [5.74, 6) is -1.05. The summed E-state index contributed by atoms with van der Waals surface area (Å²) in [5, 5.41) is 9.21. The van der Waals surface area contributed by atoms with Crippen molar-refractivity contribution in [3.8, 4) is 0 Å². The van der Waals surface area contributed by atoms with Crippen LogP contribution in [0.3, 0.4) is 0 Å². The Morgan fingerprint density at radius 2 is 1.80 bits per heavy atom. The Hall–Kier alpha value is -1.06. The third-order valence-corrected chi connectivity index (χ3v) is 2.64. The van der Waals surface area contributed by atoms with Crippen LogP contribution in [0.1, 0.15) is 40.5 Å². The van der Waals surface area contributed by atoms with Gasteiger partial charge in [0.05, 0.1) is 0 Å². The van der Waals surface area contributed by atoms with Gasteiger partial charge in [-0.3, -0.25) is 4.79 Å². The Balaban J connectivity index is 2.94. The van der Waals surface area contributed by atoms with Gasteiger partial charge in [0.15, 0.2) is 0 Å². The van der Waals surface area contributed by atoms with E-state index in [0.717, 1.165) is 12.8 Å². The van der Waals surface area contributed by atoms with Crippen molar-refractivity contribution < 1.29 is 14.7 Å². The lowest BCUT2D eigenvalue weighted by atomic mass is 9.85. The summed E-state index contributed by atoms with van der Waals surface area (Å²) in [7, 11) is 0. The standard InChI is InChI=1S/C11H19NO3/c1-7(13)12(8-5-6-8)9(10(14)15)11(2,3)4/h8-9H,5-6H2,1-4H3,(H,14,15). The highest BCUT2D eigenvalue weighted by molar-refractivity contribution is 5.83. The SMILES string of the molecule is CC(=O)N(C1CC1)C(C(=O)O)C(C)(C)C. The lowest BCUT2D eigenvalue weighted by molar-refractivity contribution is -0.155. The predicted octanol–water partition coefficient (Wildman–Crippen LogP) is 1.50. The largest absolute Gasteiger partial charge is 0.480 e. The number of nitrogens with zero attached hydrogens (tertiary/aromatic N) is 1. The Morgan fingerprint density at radius 1 is 1.33 bits per heavy atom. The van der Waals surface area contributed by atoms with Crippen LogP contribution in [-0.2, 0) is 9.59 Å². The molecule has 1 rings (SSSR count). The minimum absolute atomic E-state index is 0.139. The van der Waals surface area contributed by atoms with Crippen molar-refractivity contribution in [2.45, 2.75) is 52.6 Å². The fraction of sp³-hybridized carbons (Fsp3) is 0.818. The van der Waals surface area contributed by atoms with E-state index in [0.29, 0.717) is 0 Å². The molecule has 1 N–H and O–H groups in total. The van der Waals surface area contributed by atoms with Gasteiger partial charge in [0.1, 0.15) is 6.04 Å². The minimum atomic E-state index is -0.912. The van der Waals surface area contributed by atoms with E-state index < -0.39 is 17.4 Å². The lowest BCUT2D eigenvalue weighted by Gasteiger charge is -2.36. The molecule has 0 radical (unpaired) electrons. The first-order valence-corrected chi connectivity index (χ1v) is 5.27. The highest BCUT2D eigenvalue weighted by Gasteiger charge is 2.44. The average Bonchev–Trinajstić information content (AvgIpc) is 2.77. The molecule has 0 bridgehead atoms. The average molecular weight is 213 g/mol. The van der Waals surface area contributed by atoms with Crippen molar-refractivity contribution in [1.82, 2.24) is 4.90 Å². The van der Waals surface area contributed by atoms with E-state index in [1.54, 1.807) is 0 Å². The molecular formula is C11H19NO3. The van der Waals surface area contributed by atoms with Gasteiger partial charge in [-0.2, -0.15) is 0 Å². The van der Waals surface area contributed by atoms with Crippen molar-refractivity contribution in [2.75, 3.05) is 0 Å². The van der Waals surface area contributed by atoms with Gasteiger partial charge >= 0.3 is 5.97 Å². The Bertz CT molecular complexity index is 276. The van der Waals surface area contributed by atoms with Crippen LogP contribution in [0.5, 0.6) is 0 Å². The van der Waals surface area contributed by atoms with Crippen LogP contribution in [0.4, 0.5) is 0 Å². The molecule has 0 spiro atoms. The van der Waals surface area contributed by atoms with Gasteiger partial charge in [-0.15, -0.1) is 0 Å². The number of rotatable bonds is 3. The molecule has 1 saturated carbocycles. The smallest absolute Gasteiger partial charge is 0.326 e. The van der Waals surface area contributed by atoms with E-state index in [1.807, 2.05) is 20.8 Å². The van der Waals surface area contributed by atoms with Crippen LogP contribution in [0, 0.1) is 5.41 Å². The van der Waals surface area contributed by atoms with Gasteiger partial charge in [0.2, 0.25) is 5.91 Å². The molecule has 1 aliphatic carbocycles. The Morgan fingerprint density at radius 3 is 2.00 bits per heavy atom. The number of hydrogen-bond acceptors (Lipinski definition) is 2. The second-order valence-corrected chi connectivity index (χ2v) is 5.26. The van der Waals surface area contributed by atoms with Crippen LogP contribution in [-0.4, -0.2) is 34.0 Å². The van der Waals surface area contributed by atoms with Crippen molar-refractivity contribution in [2.24, 2.45) is 5.41 Å². The second kappa shape index (κ2) is 3.83. The van der Waals surface area contributed by atoms with E-state index in [4.69, 9.17) is 0 Å². The highest BCUT2D eigenvalue weighted by Crippen LogP contribution is 2.34. The molecule has 4 nitrogen and oxygen atoms in total. The van der Waals surface area contributed by atoms with Gasteiger partial charge in [-0.25, -0.2) is 4.79 Å². The number of hydrogen-bond donors (Lipinski definition) is 1. The number of aliphatic carboxylic acids is 1. The normalized spacial score (nSPS) is 18.4. The fourth-order valence-corrected chi connectivity index (χ4v) is 1.91. The maximum Gasteiger partial charge on any atom is 0.326 e. The molecule has 15 heavy (non-hydrogen) atoms. The van der Waals surface area contributed by atoms with Crippen molar-refractivity contribution in [3.05, 3.63) is 0 Å². The summed E-state index contributed by atoms with van der Waals surface area (Å²) < 4.78 is 0. The molecular weight excluding hydrogens is 194 g/mol. The van der Waals surface area contributed by atoms with E-state index in [9.17, 15) is 14.7 Å². The minimum Gasteiger partial charge on any atom is -0.480 e. The monoisotopic (exact) mass is 213 g/mol. The molecule has 1 amide bonds. The summed E-state index contributed by atoms with van der Waals surface area (Å²) in [5.41, 5.74) is -0.430. The summed E-state index contributed by atoms with van der Waals surface area (Å²) in [6.07, 6.45) is 1.86. The van der Waals surface area contributed by atoms with Crippen molar-refractivity contribution in [3.63, 3.8) is 0 Å². The van der Waals surface area contributed by atoms with E-state index in [1.165, 1.54) is 11.8 Å². The van der Waals surface area contributed by atoms with Gasteiger partial charge < -0.3 is 10.0 Å². The molecule has 1 aliphatic rings. The van der Waals surface area contributed by atoms with Crippen LogP contribution in [0.15, 0.2) is 0 Å². The van der Waals surface area contributed by atoms with Gasteiger partial charge in [0.25, 0.3) is 0 Å². The molecule has 0 aliphatic heterocycles. The first kappa shape index (κ1) is 12.0. The maximum absolute atomic E-state index is 11.5. The zero-order valence-corrected chi connectivity index (χ0v) is 9.78. The van der Waals surface area contributed by atoms with E-state index in [-0.39, 0.29) is 11.9 Å². The predicted molar refractivity (Wildman–Crippen MR) is 56.4 cm³/mol. The quantitative estimate of drug-likeness (QED) is 0.772. The number of carbonyl (C=O) groups excluding carboxylic acids is 1. The van der Waals surface area contributed by atoms with E-state index >= 15 is 0 Å². The first-order chi connectivity index (χ1) is 6.75. The molecule has 0 heterocycles. The third-order valence-electron chi connectivity index (χ3n) is 2.64. The number of carboxylic acid groups (broad SMARTS) is 1. The summed E-state index contributed by atoms with van der Waals surface area (Å²) in [4.78, 5) is 24.2. The molecule has 0 saturated heterocycles. The number of amides is 1. The fourth-order valence-electron chi connectivity index (χ4n) is 1.91. The molecule has 1 unspecified atom stereocenters. The third kappa shape index (κ3) is 2.70. The van der Waals surface area contributed by atoms with Crippen LogP contribution >= 0.6 is 0 Å². The van der Waals surface area contributed by atoms with E-state index in [2.05, 4.69) is 0 Å². The highest BCUT2D eigenvalue weighted by atomic mass is 16.4. The first-order valence-electron chi connectivity index (χ1n) is 5.27. The lowest BCUT2D eigenvalue weighted by Crippen LogP contribution is -2.52. The topological polar surface area (TPSA) is 57.6 Å². The van der Waals surface area contributed by atoms with Crippen molar-refractivity contribution >= 4 is 11.9 Å². The summed E-state index contributed by atoms with van der Waals surface area (Å²) in [6, 6.07) is -0.578. The maximum atomic E-state index is 11.5. The Labute approximate surface area is 90.3 Å².